The van der Waals surface area contributed by atoms with E-state index in [1.807, 2.05) is 11.9 Å². The number of hydrogen-bond donors (Lipinski definition) is 1. The first-order valence-corrected chi connectivity index (χ1v) is 7.55. The van der Waals surface area contributed by atoms with Gasteiger partial charge in [-0.15, -0.1) is 0 Å². The third-order valence-corrected chi connectivity index (χ3v) is 4.46. The Morgan fingerprint density at radius 1 is 1.35 bits per heavy atom. The third-order valence-electron chi connectivity index (χ3n) is 4.46. The van der Waals surface area contributed by atoms with Gasteiger partial charge in [0.2, 0.25) is 5.91 Å². The van der Waals surface area contributed by atoms with Crippen molar-refractivity contribution in [1.82, 2.24) is 10.2 Å². The summed E-state index contributed by atoms with van der Waals surface area (Å²) >= 11 is 0. The summed E-state index contributed by atoms with van der Waals surface area (Å²) in [6.07, 6.45) is 1.90. The van der Waals surface area contributed by atoms with E-state index < -0.39 is 0 Å². The van der Waals surface area contributed by atoms with E-state index in [-0.39, 0.29) is 17.9 Å². The first kappa shape index (κ1) is 15.0. The Morgan fingerprint density at radius 3 is 2.60 bits per heavy atom. The van der Waals surface area contributed by atoms with Crippen molar-refractivity contribution in [2.45, 2.75) is 45.7 Å². The number of rotatable bonds is 3. The Morgan fingerprint density at radius 2 is 2.00 bits per heavy atom. The average Bonchev–Trinajstić information content (AvgIpc) is 2.46. The van der Waals surface area contributed by atoms with Crippen LogP contribution in [0.2, 0.25) is 0 Å². The number of benzene rings is 1. The predicted molar refractivity (Wildman–Crippen MR) is 82.6 cm³/mol. The van der Waals surface area contributed by atoms with Crippen molar-refractivity contribution >= 4 is 5.91 Å². The summed E-state index contributed by atoms with van der Waals surface area (Å²) in [5, 5.41) is 3.40. The molecular formula is C17H26N2O. The fraction of sp³-hybridized carbons (Fsp3) is 0.588. The van der Waals surface area contributed by atoms with Crippen LogP contribution in [0.4, 0.5) is 0 Å². The van der Waals surface area contributed by atoms with Crippen LogP contribution < -0.4 is 5.32 Å². The molecule has 0 radical (unpaired) electrons. The molecule has 0 bridgehead atoms. The van der Waals surface area contributed by atoms with Gasteiger partial charge in [0.05, 0.1) is 6.04 Å². The van der Waals surface area contributed by atoms with Crippen molar-refractivity contribution < 1.29 is 4.79 Å². The molecule has 1 fully saturated rings. The highest BCUT2D eigenvalue weighted by molar-refractivity contribution is 5.79. The lowest BCUT2D eigenvalue weighted by atomic mass is 9.91. The fourth-order valence-electron chi connectivity index (χ4n) is 2.90. The van der Waals surface area contributed by atoms with Crippen LogP contribution in [0.1, 0.15) is 43.9 Å². The summed E-state index contributed by atoms with van der Waals surface area (Å²) in [6.45, 7) is 7.29. The molecule has 0 spiro atoms. The molecule has 1 amide bonds. The number of hydrogen-bond acceptors (Lipinski definition) is 2. The number of carbonyl (C=O) groups is 1. The van der Waals surface area contributed by atoms with E-state index in [9.17, 15) is 4.79 Å². The van der Waals surface area contributed by atoms with Crippen LogP contribution in [-0.4, -0.2) is 30.4 Å². The molecule has 1 heterocycles. The lowest BCUT2D eigenvalue weighted by molar-refractivity contribution is -0.137. The number of nitrogens with one attached hydrogen (secondary N) is 1. The van der Waals surface area contributed by atoms with Crippen LogP contribution in [0.3, 0.4) is 0 Å². The number of piperidine rings is 1. The van der Waals surface area contributed by atoms with Crippen molar-refractivity contribution in [2.75, 3.05) is 13.6 Å². The SMILES string of the molecule is Cc1ccc(C(C)N(C)C(=O)[C@H]2CCN[C@@H](C)C2)cc1. The molecule has 1 aromatic carbocycles. The summed E-state index contributed by atoms with van der Waals surface area (Å²) in [7, 11) is 1.93. The van der Waals surface area contributed by atoms with E-state index in [0.29, 0.717) is 6.04 Å². The van der Waals surface area contributed by atoms with Gasteiger partial charge >= 0.3 is 0 Å². The number of aryl methyl sites for hydroxylation is 1. The topological polar surface area (TPSA) is 32.3 Å². The Kier molecular flexibility index (Phi) is 4.81. The van der Waals surface area contributed by atoms with Gasteiger partial charge in [0.25, 0.3) is 0 Å². The molecule has 1 aromatic rings. The maximum Gasteiger partial charge on any atom is 0.226 e. The van der Waals surface area contributed by atoms with Crippen molar-refractivity contribution in [3.63, 3.8) is 0 Å². The summed E-state index contributed by atoms with van der Waals surface area (Å²) in [5.41, 5.74) is 2.45. The predicted octanol–water partition coefficient (Wildman–Crippen LogP) is 2.90. The van der Waals surface area contributed by atoms with E-state index in [0.717, 1.165) is 19.4 Å². The minimum Gasteiger partial charge on any atom is -0.339 e. The zero-order valence-electron chi connectivity index (χ0n) is 13.0. The summed E-state index contributed by atoms with van der Waals surface area (Å²) < 4.78 is 0. The van der Waals surface area contributed by atoms with Crippen molar-refractivity contribution in [1.29, 1.82) is 0 Å². The van der Waals surface area contributed by atoms with Crippen LogP contribution in [0.15, 0.2) is 24.3 Å². The highest BCUT2D eigenvalue weighted by Crippen LogP contribution is 2.25. The van der Waals surface area contributed by atoms with Crippen LogP contribution in [0.5, 0.6) is 0 Å². The second-order valence-electron chi connectivity index (χ2n) is 6.11. The molecule has 3 nitrogen and oxygen atoms in total. The fourth-order valence-corrected chi connectivity index (χ4v) is 2.90. The third kappa shape index (κ3) is 3.40. The highest BCUT2D eigenvalue weighted by Gasteiger charge is 2.29. The molecule has 0 saturated carbocycles. The van der Waals surface area contributed by atoms with E-state index >= 15 is 0 Å². The van der Waals surface area contributed by atoms with E-state index in [1.54, 1.807) is 0 Å². The molecule has 1 unspecified atom stereocenters. The number of carbonyl (C=O) groups excluding carboxylic acids is 1. The van der Waals surface area contributed by atoms with E-state index in [2.05, 4.69) is 50.4 Å². The quantitative estimate of drug-likeness (QED) is 0.919. The molecule has 110 valence electrons. The minimum absolute atomic E-state index is 0.133. The van der Waals surface area contributed by atoms with Gasteiger partial charge in [-0.3, -0.25) is 4.79 Å². The smallest absolute Gasteiger partial charge is 0.226 e. The van der Waals surface area contributed by atoms with Crippen LogP contribution in [0.25, 0.3) is 0 Å². The second kappa shape index (κ2) is 6.40. The van der Waals surface area contributed by atoms with Gasteiger partial charge in [0, 0.05) is 19.0 Å². The summed E-state index contributed by atoms with van der Waals surface area (Å²) in [4.78, 5) is 14.5. The maximum absolute atomic E-state index is 12.6. The maximum atomic E-state index is 12.6. The molecule has 2 rings (SSSR count). The first-order chi connectivity index (χ1) is 9.49. The van der Waals surface area contributed by atoms with Gasteiger partial charge in [0.15, 0.2) is 0 Å². The standard InChI is InChI=1S/C17H26N2O/c1-12-5-7-15(8-6-12)14(3)19(4)17(20)16-9-10-18-13(2)11-16/h5-8,13-14,16,18H,9-11H2,1-4H3/t13-,14?,16-/m0/s1. The van der Waals surface area contributed by atoms with Crippen LogP contribution in [0, 0.1) is 12.8 Å². The van der Waals surface area contributed by atoms with Crippen molar-refractivity contribution in [3.8, 4) is 0 Å². The van der Waals surface area contributed by atoms with Gasteiger partial charge in [0.1, 0.15) is 0 Å². The Hall–Kier alpha value is -1.35. The summed E-state index contributed by atoms with van der Waals surface area (Å²) in [5.74, 6) is 0.454. The molecule has 1 aliphatic heterocycles. The molecular weight excluding hydrogens is 248 g/mol. The second-order valence-corrected chi connectivity index (χ2v) is 6.11. The van der Waals surface area contributed by atoms with Crippen LogP contribution >= 0.6 is 0 Å². The van der Waals surface area contributed by atoms with E-state index in [4.69, 9.17) is 0 Å². The number of amides is 1. The van der Waals surface area contributed by atoms with Gasteiger partial charge < -0.3 is 10.2 Å². The van der Waals surface area contributed by atoms with Gasteiger partial charge in [-0.05, 0) is 45.7 Å². The first-order valence-electron chi connectivity index (χ1n) is 7.55. The molecule has 3 heteroatoms. The molecule has 0 aromatic heterocycles. The number of nitrogens with zero attached hydrogens (tertiary/aromatic N) is 1. The lowest BCUT2D eigenvalue weighted by Crippen LogP contribution is -2.43. The molecule has 1 saturated heterocycles. The zero-order chi connectivity index (χ0) is 14.7. The van der Waals surface area contributed by atoms with Gasteiger partial charge in [-0.2, -0.15) is 0 Å². The normalized spacial score (nSPS) is 24.2. The highest BCUT2D eigenvalue weighted by atomic mass is 16.2. The molecule has 0 aliphatic carbocycles. The zero-order valence-corrected chi connectivity index (χ0v) is 13.0. The van der Waals surface area contributed by atoms with Gasteiger partial charge in [-0.1, -0.05) is 29.8 Å². The molecule has 3 atom stereocenters. The minimum atomic E-state index is 0.133. The van der Waals surface area contributed by atoms with E-state index in [1.165, 1.54) is 11.1 Å². The lowest BCUT2D eigenvalue weighted by Gasteiger charge is -2.33. The van der Waals surface area contributed by atoms with Crippen LogP contribution in [-0.2, 0) is 4.79 Å². The largest absolute Gasteiger partial charge is 0.339 e. The molecule has 1 N–H and O–H groups in total. The Bertz CT molecular complexity index is 455. The van der Waals surface area contributed by atoms with Crippen molar-refractivity contribution in [3.05, 3.63) is 35.4 Å². The van der Waals surface area contributed by atoms with Gasteiger partial charge in [-0.25, -0.2) is 0 Å². The molecule has 1 aliphatic rings. The Balaban J connectivity index is 2.03. The van der Waals surface area contributed by atoms with Crippen molar-refractivity contribution in [2.24, 2.45) is 5.92 Å². The summed E-state index contributed by atoms with van der Waals surface area (Å²) in [6, 6.07) is 9.03. The monoisotopic (exact) mass is 274 g/mol. The Labute approximate surface area is 122 Å². The average molecular weight is 274 g/mol. The molecule has 20 heavy (non-hydrogen) atoms.